The Morgan fingerprint density at radius 3 is 2.62 bits per heavy atom. The smallest absolute Gasteiger partial charge is 0.185 e. The lowest BCUT2D eigenvalue weighted by Gasteiger charge is -2.29. The Morgan fingerprint density at radius 2 is 2.06 bits per heavy atom. The number of nitrogens with zero attached hydrogens (tertiary/aromatic N) is 1. The molecule has 16 heavy (non-hydrogen) atoms. The molecule has 0 N–H and O–H groups in total. The zero-order valence-electron chi connectivity index (χ0n) is 10.2. The topological polar surface area (TPSA) is 3.24 Å². The summed E-state index contributed by atoms with van der Waals surface area (Å²) in [4.78, 5) is 2.43. The highest BCUT2D eigenvalue weighted by molar-refractivity contribution is 9.08. The number of hydrogen-bond acceptors (Lipinski definition) is 1. The quantitative estimate of drug-likeness (QED) is 0.594. The number of piperidine rings is 1. The Labute approximate surface area is 108 Å². The van der Waals surface area contributed by atoms with Crippen molar-refractivity contribution in [2.45, 2.75) is 31.0 Å². The fourth-order valence-electron chi connectivity index (χ4n) is 2.46. The van der Waals surface area contributed by atoms with Crippen LogP contribution >= 0.6 is 15.9 Å². The van der Waals surface area contributed by atoms with Crippen LogP contribution in [0, 0.1) is 6.92 Å². The van der Waals surface area contributed by atoms with Crippen molar-refractivity contribution in [2.24, 2.45) is 0 Å². The summed E-state index contributed by atoms with van der Waals surface area (Å²) >= 11 is 3.53. The van der Waals surface area contributed by atoms with Crippen LogP contribution in [0.1, 0.15) is 35.4 Å². The van der Waals surface area contributed by atoms with Crippen molar-refractivity contribution < 1.29 is 0 Å². The average molecular weight is 280 g/mol. The lowest BCUT2D eigenvalue weighted by Crippen LogP contribution is -2.30. The van der Waals surface area contributed by atoms with Gasteiger partial charge in [0.05, 0.1) is 0 Å². The predicted octanol–water partition coefficient (Wildman–Crippen LogP) is 2.62. The normalized spacial score (nSPS) is 18.9. The second kappa shape index (κ2) is 5.37. The molecule has 2 rings (SSSR count). The molecule has 0 bridgehead atoms. The Hall–Kier alpha value is -0.275. The minimum absolute atomic E-state index is 0.777. The van der Waals surface area contributed by atoms with Crippen LogP contribution < -0.4 is 0 Å². The summed E-state index contributed by atoms with van der Waals surface area (Å²) in [5.41, 5.74) is 4.38. The van der Waals surface area contributed by atoms with E-state index < -0.39 is 0 Å². The molecule has 86 valence electrons. The van der Waals surface area contributed by atoms with Crippen LogP contribution in [0.4, 0.5) is 0 Å². The molecule has 0 saturated carbocycles. The number of hydrogen-bond donors (Lipinski definition) is 0. The third-order valence-electron chi connectivity index (χ3n) is 3.70. The van der Waals surface area contributed by atoms with Crippen LogP contribution in [0.15, 0.2) is 18.2 Å². The number of halogens is 1. The van der Waals surface area contributed by atoms with Gasteiger partial charge in [0, 0.05) is 5.33 Å². The van der Waals surface area contributed by atoms with Gasteiger partial charge in [-0.3, -0.25) is 0 Å². The van der Waals surface area contributed by atoms with Gasteiger partial charge < -0.3 is 4.81 Å². The Bertz CT molecular complexity index is 359. The molecule has 0 spiro atoms. The molecule has 1 heterocycles. The molecular weight excluding hydrogens is 261 g/mol. The summed E-state index contributed by atoms with van der Waals surface area (Å²) in [7, 11) is 2.22. The van der Waals surface area contributed by atoms with Gasteiger partial charge in [-0.2, -0.15) is 0 Å². The number of alkyl halides is 1. The minimum atomic E-state index is 0.777. The molecule has 1 aliphatic heterocycles. The van der Waals surface area contributed by atoms with Crippen LogP contribution in [0.5, 0.6) is 0 Å². The first-order valence-electron chi connectivity index (χ1n) is 6.04. The standard InChI is InChI=1S/C13H19BBrN/c1-10-8-12(2-3-13(10)9-15)11-4-6-16(14)7-5-11/h2-3,8,11H,4-7,9,14H2,1H3. The van der Waals surface area contributed by atoms with E-state index in [0.717, 1.165) is 11.2 Å². The van der Waals surface area contributed by atoms with Gasteiger partial charge >= 0.3 is 0 Å². The highest BCUT2D eigenvalue weighted by Gasteiger charge is 2.18. The van der Waals surface area contributed by atoms with E-state index in [0.29, 0.717) is 0 Å². The fraction of sp³-hybridized carbons (Fsp3) is 0.538. The molecule has 0 radical (unpaired) electrons. The second-order valence-corrected chi connectivity index (χ2v) is 5.46. The van der Waals surface area contributed by atoms with Crippen molar-refractivity contribution >= 4 is 23.9 Å². The molecule has 1 aromatic rings. The summed E-state index contributed by atoms with van der Waals surface area (Å²) in [5.74, 6) is 0.777. The maximum Gasteiger partial charge on any atom is 0.185 e. The van der Waals surface area contributed by atoms with E-state index in [1.165, 1.54) is 42.6 Å². The van der Waals surface area contributed by atoms with Crippen LogP contribution in [-0.4, -0.2) is 25.9 Å². The highest BCUT2D eigenvalue weighted by Crippen LogP contribution is 2.29. The molecule has 1 fully saturated rings. The third kappa shape index (κ3) is 2.69. The van der Waals surface area contributed by atoms with E-state index in [1.807, 2.05) is 0 Å². The third-order valence-corrected chi connectivity index (χ3v) is 4.30. The lowest BCUT2D eigenvalue weighted by atomic mass is 9.87. The first-order chi connectivity index (χ1) is 7.70. The first kappa shape index (κ1) is 12.2. The van der Waals surface area contributed by atoms with Crippen molar-refractivity contribution in [3.05, 3.63) is 34.9 Å². The molecule has 0 aromatic heterocycles. The van der Waals surface area contributed by atoms with Crippen molar-refractivity contribution in [1.29, 1.82) is 0 Å². The molecule has 1 saturated heterocycles. The van der Waals surface area contributed by atoms with Gasteiger partial charge in [0.15, 0.2) is 7.98 Å². The zero-order chi connectivity index (χ0) is 11.5. The molecule has 1 aliphatic rings. The Kier molecular flexibility index (Phi) is 4.09. The van der Waals surface area contributed by atoms with Crippen LogP contribution in [0.2, 0.25) is 0 Å². The molecule has 0 amide bonds. The van der Waals surface area contributed by atoms with Crippen LogP contribution in [0.25, 0.3) is 0 Å². The van der Waals surface area contributed by atoms with Crippen LogP contribution in [0.3, 0.4) is 0 Å². The molecule has 1 aromatic carbocycles. The molecule has 1 nitrogen and oxygen atoms in total. The summed E-state index contributed by atoms with van der Waals surface area (Å²) in [6, 6.07) is 6.98. The Balaban J connectivity index is 2.12. The minimum Gasteiger partial charge on any atom is -0.349 e. The van der Waals surface area contributed by atoms with E-state index in [1.54, 1.807) is 0 Å². The van der Waals surface area contributed by atoms with E-state index in [4.69, 9.17) is 0 Å². The van der Waals surface area contributed by atoms with E-state index in [9.17, 15) is 0 Å². The van der Waals surface area contributed by atoms with Gasteiger partial charge in [0.25, 0.3) is 0 Å². The number of aryl methyl sites for hydroxylation is 1. The summed E-state index contributed by atoms with van der Waals surface area (Å²) < 4.78 is 0. The highest BCUT2D eigenvalue weighted by atomic mass is 79.9. The number of rotatable bonds is 2. The predicted molar refractivity (Wildman–Crippen MR) is 75.9 cm³/mol. The van der Waals surface area contributed by atoms with Crippen molar-refractivity contribution in [3.8, 4) is 0 Å². The average Bonchev–Trinajstić information content (AvgIpc) is 2.30. The van der Waals surface area contributed by atoms with E-state index >= 15 is 0 Å². The van der Waals surface area contributed by atoms with Gasteiger partial charge in [0.2, 0.25) is 0 Å². The largest absolute Gasteiger partial charge is 0.349 e. The molecule has 0 unspecified atom stereocenters. The summed E-state index contributed by atoms with van der Waals surface area (Å²) in [6.45, 7) is 4.70. The molecular formula is C13H19BBrN. The molecule has 0 aliphatic carbocycles. The monoisotopic (exact) mass is 279 g/mol. The molecule has 3 heteroatoms. The van der Waals surface area contributed by atoms with Crippen molar-refractivity contribution in [2.75, 3.05) is 13.1 Å². The number of benzene rings is 1. The van der Waals surface area contributed by atoms with Gasteiger partial charge in [0.1, 0.15) is 0 Å². The maximum absolute atomic E-state index is 3.53. The fourth-order valence-corrected chi connectivity index (χ4v) is 3.09. The first-order valence-corrected chi connectivity index (χ1v) is 7.17. The van der Waals surface area contributed by atoms with E-state index in [2.05, 4.69) is 53.8 Å². The van der Waals surface area contributed by atoms with Gasteiger partial charge in [-0.15, -0.1) is 0 Å². The van der Waals surface area contributed by atoms with Gasteiger partial charge in [-0.25, -0.2) is 0 Å². The molecule has 0 atom stereocenters. The SMILES string of the molecule is BN1CCC(c2ccc(CBr)c(C)c2)CC1. The van der Waals surface area contributed by atoms with Gasteiger partial charge in [-0.1, -0.05) is 34.1 Å². The lowest BCUT2D eigenvalue weighted by molar-refractivity contribution is 0.334. The van der Waals surface area contributed by atoms with Gasteiger partial charge in [-0.05, 0) is 55.5 Å². The van der Waals surface area contributed by atoms with Crippen molar-refractivity contribution in [3.63, 3.8) is 0 Å². The summed E-state index contributed by atoms with van der Waals surface area (Å²) in [5, 5.41) is 0.965. The van der Waals surface area contributed by atoms with E-state index in [-0.39, 0.29) is 0 Å². The zero-order valence-corrected chi connectivity index (χ0v) is 11.8. The second-order valence-electron chi connectivity index (χ2n) is 4.90. The van der Waals surface area contributed by atoms with Crippen LogP contribution in [-0.2, 0) is 5.33 Å². The Morgan fingerprint density at radius 1 is 1.38 bits per heavy atom. The maximum atomic E-state index is 3.53. The van der Waals surface area contributed by atoms with Crippen molar-refractivity contribution in [1.82, 2.24) is 4.81 Å². The summed E-state index contributed by atoms with van der Waals surface area (Å²) in [6.07, 6.45) is 2.62.